The van der Waals surface area contributed by atoms with Crippen LogP contribution in [0.4, 0.5) is 10.3 Å². The van der Waals surface area contributed by atoms with Gasteiger partial charge in [0.2, 0.25) is 11.9 Å². The Morgan fingerprint density at radius 1 is 1.20 bits per heavy atom. The predicted molar refractivity (Wildman–Crippen MR) is 71.0 cm³/mol. The summed E-state index contributed by atoms with van der Waals surface area (Å²) >= 11 is 0. The van der Waals surface area contributed by atoms with E-state index in [9.17, 15) is 9.18 Å². The van der Waals surface area contributed by atoms with Crippen LogP contribution in [0.25, 0.3) is 0 Å². The lowest BCUT2D eigenvalue weighted by molar-refractivity contribution is -0.121. The van der Waals surface area contributed by atoms with E-state index in [0.29, 0.717) is 5.95 Å². The number of halogens is 1. The van der Waals surface area contributed by atoms with Gasteiger partial charge in [0.1, 0.15) is 5.82 Å². The second-order valence-corrected chi connectivity index (χ2v) is 4.69. The van der Waals surface area contributed by atoms with Crippen molar-refractivity contribution in [3.05, 3.63) is 54.1 Å². The molecule has 0 unspecified atom stereocenters. The normalized spacial score (nSPS) is 20.2. The van der Waals surface area contributed by atoms with Crippen LogP contribution in [0, 0.1) is 11.7 Å². The molecule has 0 radical (unpaired) electrons. The molecule has 1 heterocycles. The number of hydrazine groups is 1. The van der Waals surface area contributed by atoms with Gasteiger partial charge in [-0.3, -0.25) is 15.6 Å². The molecule has 0 spiro atoms. The molecular formula is C14H13FN4O. The fourth-order valence-corrected chi connectivity index (χ4v) is 2.14. The summed E-state index contributed by atoms with van der Waals surface area (Å²) in [6.07, 6.45) is 3.94. The Kier molecular flexibility index (Phi) is 3.28. The molecular weight excluding hydrogens is 259 g/mol. The van der Waals surface area contributed by atoms with Crippen LogP contribution < -0.4 is 10.9 Å². The first-order chi connectivity index (χ1) is 9.74. The van der Waals surface area contributed by atoms with E-state index in [2.05, 4.69) is 20.8 Å². The number of nitrogens with one attached hydrogen (secondary N) is 2. The molecule has 1 aliphatic carbocycles. The van der Waals surface area contributed by atoms with Crippen LogP contribution in [0.5, 0.6) is 0 Å². The molecule has 1 fully saturated rings. The van der Waals surface area contributed by atoms with Crippen molar-refractivity contribution < 1.29 is 9.18 Å². The van der Waals surface area contributed by atoms with Crippen LogP contribution >= 0.6 is 0 Å². The standard InChI is InChI=1S/C14H13FN4O/c15-10-4-2-9(3-5-10)11-8-12(11)13(20)18-19-14-16-6-1-7-17-14/h1-7,11-12H,8H2,(H,18,20)(H,16,17,19)/t11-,12-/m0/s1. The lowest BCUT2D eigenvalue weighted by Gasteiger charge is -2.06. The van der Waals surface area contributed by atoms with Gasteiger partial charge in [-0.2, -0.15) is 0 Å². The number of aromatic nitrogens is 2. The maximum absolute atomic E-state index is 12.8. The third-order valence-electron chi connectivity index (χ3n) is 3.29. The zero-order valence-corrected chi connectivity index (χ0v) is 10.6. The van der Waals surface area contributed by atoms with Crippen molar-refractivity contribution in [2.75, 3.05) is 5.43 Å². The van der Waals surface area contributed by atoms with E-state index in [1.165, 1.54) is 12.1 Å². The molecule has 0 saturated heterocycles. The minimum atomic E-state index is -0.265. The Balaban J connectivity index is 1.54. The highest BCUT2D eigenvalue weighted by atomic mass is 19.1. The number of anilines is 1. The summed E-state index contributed by atoms with van der Waals surface area (Å²) in [6.45, 7) is 0. The first-order valence-electron chi connectivity index (χ1n) is 6.32. The quantitative estimate of drug-likeness (QED) is 0.834. The van der Waals surface area contributed by atoms with Crippen molar-refractivity contribution in [2.24, 2.45) is 5.92 Å². The largest absolute Gasteiger partial charge is 0.273 e. The zero-order valence-electron chi connectivity index (χ0n) is 10.6. The molecule has 3 rings (SSSR count). The average Bonchev–Trinajstić information content (AvgIpc) is 3.27. The minimum Gasteiger partial charge on any atom is -0.273 e. The number of carbonyl (C=O) groups is 1. The molecule has 1 aromatic heterocycles. The monoisotopic (exact) mass is 272 g/mol. The van der Waals surface area contributed by atoms with Gasteiger partial charge in [0.05, 0.1) is 0 Å². The van der Waals surface area contributed by atoms with Gasteiger partial charge < -0.3 is 0 Å². The molecule has 5 nitrogen and oxygen atoms in total. The Morgan fingerprint density at radius 2 is 1.90 bits per heavy atom. The van der Waals surface area contributed by atoms with Gasteiger partial charge >= 0.3 is 0 Å². The van der Waals surface area contributed by atoms with Gasteiger partial charge in [0.15, 0.2) is 0 Å². The summed E-state index contributed by atoms with van der Waals surface area (Å²) in [5, 5.41) is 0. The van der Waals surface area contributed by atoms with E-state index in [0.717, 1.165) is 12.0 Å². The highest BCUT2D eigenvalue weighted by Crippen LogP contribution is 2.47. The molecule has 2 aromatic rings. The molecule has 20 heavy (non-hydrogen) atoms. The number of amides is 1. The van der Waals surface area contributed by atoms with E-state index in [1.807, 2.05) is 0 Å². The van der Waals surface area contributed by atoms with Crippen LogP contribution in [0.3, 0.4) is 0 Å². The molecule has 1 saturated carbocycles. The first-order valence-corrected chi connectivity index (χ1v) is 6.32. The number of carbonyl (C=O) groups excluding carboxylic acids is 1. The number of hydrogen-bond donors (Lipinski definition) is 2. The Bertz CT molecular complexity index is 602. The van der Waals surface area contributed by atoms with Gasteiger partial charge in [-0.15, -0.1) is 0 Å². The number of rotatable bonds is 4. The fraction of sp³-hybridized carbons (Fsp3) is 0.214. The summed E-state index contributed by atoms with van der Waals surface area (Å²) in [6, 6.07) is 7.97. The molecule has 6 heteroatoms. The van der Waals surface area contributed by atoms with Crippen LogP contribution in [-0.2, 0) is 4.79 Å². The Morgan fingerprint density at radius 3 is 2.60 bits per heavy atom. The molecule has 1 aromatic carbocycles. The number of nitrogens with zero attached hydrogens (tertiary/aromatic N) is 2. The number of hydrogen-bond acceptors (Lipinski definition) is 4. The second kappa shape index (κ2) is 5.24. The van der Waals surface area contributed by atoms with E-state index in [-0.39, 0.29) is 23.6 Å². The molecule has 2 N–H and O–H groups in total. The predicted octanol–water partition coefficient (Wildman–Crippen LogP) is 1.86. The maximum Gasteiger partial charge on any atom is 0.242 e. The van der Waals surface area contributed by atoms with Crippen molar-refractivity contribution in [1.82, 2.24) is 15.4 Å². The topological polar surface area (TPSA) is 66.9 Å². The summed E-state index contributed by atoms with van der Waals surface area (Å²) in [5.74, 6) is 0.0515. The molecule has 1 amide bonds. The van der Waals surface area contributed by atoms with Crippen molar-refractivity contribution in [1.29, 1.82) is 0 Å². The zero-order chi connectivity index (χ0) is 13.9. The highest BCUT2D eigenvalue weighted by Gasteiger charge is 2.43. The highest BCUT2D eigenvalue weighted by molar-refractivity contribution is 5.83. The van der Waals surface area contributed by atoms with Gasteiger partial charge in [-0.25, -0.2) is 14.4 Å². The van der Waals surface area contributed by atoms with Crippen molar-refractivity contribution in [2.45, 2.75) is 12.3 Å². The molecule has 102 valence electrons. The first kappa shape index (κ1) is 12.5. The second-order valence-electron chi connectivity index (χ2n) is 4.69. The lowest BCUT2D eigenvalue weighted by Crippen LogP contribution is -2.31. The summed E-state index contributed by atoms with van der Waals surface area (Å²) in [4.78, 5) is 19.8. The Labute approximate surface area is 115 Å². The molecule has 0 bridgehead atoms. The van der Waals surface area contributed by atoms with E-state index >= 15 is 0 Å². The third kappa shape index (κ3) is 2.74. The van der Waals surface area contributed by atoms with E-state index in [1.54, 1.807) is 30.6 Å². The van der Waals surface area contributed by atoms with E-state index in [4.69, 9.17) is 0 Å². The van der Waals surface area contributed by atoms with Crippen LogP contribution in [0.1, 0.15) is 17.9 Å². The van der Waals surface area contributed by atoms with Gasteiger partial charge in [0.25, 0.3) is 0 Å². The Hall–Kier alpha value is -2.50. The smallest absolute Gasteiger partial charge is 0.242 e. The molecule has 2 atom stereocenters. The number of benzene rings is 1. The van der Waals surface area contributed by atoms with Gasteiger partial charge in [0, 0.05) is 18.3 Å². The maximum atomic E-state index is 12.8. The minimum absolute atomic E-state index is 0.0864. The van der Waals surface area contributed by atoms with Crippen molar-refractivity contribution in [3.8, 4) is 0 Å². The van der Waals surface area contributed by atoms with Crippen LogP contribution in [-0.4, -0.2) is 15.9 Å². The fourth-order valence-electron chi connectivity index (χ4n) is 2.14. The summed E-state index contributed by atoms with van der Waals surface area (Å²) in [7, 11) is 0. The SMILES string of the molecule is O=C(NNc1ncccn1)[C@H]1C[C@H]1c1ccc(F)cc1. The lowest BCUT2D eigenvalue weighted by atomic mass is 10.1. The van der Waals surface area contributed by atoms with Crippen LogP contribution in [0.15, 0.2) is 42.7 Å². The summed E-state index contributed by atoms with van der Waals surface area (Å²) < 4.78 is 12.8. The molecule has 0 aliphatic heterocycles. The third-order valence-corrected chi connectivity index (χ3v) is 3.29. The van der Waals surface area contributed by atoms with E-state index < -0.39 is 0 Å². The average molecular weight is 272 g/mol. The van der Waals surface area contributed by atoms with Gasteiger partial charge in [-0.05, 0) is 36.1 Å². The molecule has 1 aliphatic rings. The van der Waals surface area contributed by atoms with Crippen molar-refractivity contribution in [3.63, 3.8) is 0 Å². The van der Waals surface area contributed by atoms with Crippen molar-refractivity contribution >= 4 is 11.9 Å². The van der Waals surface area contributed by atoms with Crippen LogP contribution in [0.2, 0.25) is 0 Å². The summed E-state index contributed by atoms with van der Waals surface area (Å²) in [5.41, 5.74) is 6.24. The van der Waals surface area contributed by atoms with Gasteiger partial charge in [-0.1, -0.05) is 12.1 Å².